The van der Waals surface area contributed by atoms with E-state index in [2.05, 4.69) is 0 Å². The molecule has 0 aromatic heterocycles. The highest BCUT2D eigenvalue weighted by atomic mass is 16.5. The summed E-state index contributed by atoms with van der Waals surface area (Å²) < 4.78 is 10.3. The highest BCUT2D eigenvalue weighted by Gasteiger charge is 2.16. The first kappa shape index (κ1) is 12.8. The molecule has 4 heteroatoms. The van der Waals surface area contributed by atoms with Crippen molar-refractivity contribution < 1.29 is 14.6 Å². The van der Waals surface area contributed by atoms with Crippen molar-refractivity contribution in [3.63, 3.8) is 0 Å². The smallest absolute Gasteiger partial charge is 0.122 e. The van der Waals surface area contributed by atoms with Gasteiger partial charge in [-0.05, 0) is 30.2 Å². The van der Waals surface area contributed by atoms with Gasteiger partial charge in [0.2, 0.25) is 0 Å². The van der Waals surface area contributed by atoms with Crippen LogP contribution in [0.15, 0.2) is 18.2 Å². The van der Waals surface area contributed by atoms with Gasteiger partial charge in [0, 0.05) is 6.07 Å². The molecule has 3 N–H and O–H groups in total. The lowest BCUT2D eigenvalue weighted by Crippen LogP contribution is -2.18. The van der Waals surface area contributed by atoms with Crippen molar-refractivity contribution in [2.24, 2.45) is 11.7 Å². The average Bonchev–Trinajstić information content (AvgIpc) is 2.35. The van der Waals surface area contributed by atoms with E-state index < -0.39 is 6.10 Å². The van der Waals surface area contributed by atoms with Gasteiger partial charge < -0.3 is 20.3 Å². The molecule has 0 saturated carbocycles. The van der Waals surface area contributed by atoms with Crippen molar-refractivity contribution in [2.45, 2.75) is 13.0 Å². The van der Waals surface area contributed by atoms with Crippen molar-refractivity contribution in [3.05, 3.63) is 23.8 Å². The predicted molar refractivity (Wildman–Crippen MR) is 62.7 cm³/mol. The molecule has 4 nitrogen and oxygen atoms in total. The van der Waals surface area contributed by atoms with Crippen LogP contribution in [0.25, 0.3) is 0 Å². The van der Waals surface area contributed by atoms with E-state index in [-0.39, 0.29) is 5.92 Å². The van der Waals surface area contributed by atoms with E-state index in [1.807, 2.05) is 6.92 Å². The third-order valence-corrected chi connectivity index (χ3v) is 2.63. The van der Waals surface area contributed by atoms with Crippen LogP contribution in [0, 0.1) is 5.92 Å². The molecule has 2 atom stereocenters. The van der Waals surface area contributed by atoms with Crippen molar-refractivity contribution in [2.75, 3.05) is 20.8 Å². The second-order valence-corrected chi connectivity index (χ2v) is 3.80. The van der Waals surface area contributed by atoms with Gasteiger partial charge in [-0.3, -0.25) is 0 Å². The van der Waals surface area contributed by atoms with E-state index in [0.29, 0.717) is 18.0 Å². The molecule has 0 saturated heterocycles. The van der Waals surface area contributed by atoms with Crippen LogP contribution >= 0.6 is 0 Å². The third kappa shape index (κ3) is 2.87. The zero-order valence-corrected chi connectivity index (χ0v) is 9.93. The van der Waals surface area contributed by atoms with Crippen LogP contribution in [-0.4, -0.2) is 25.9 Å². The molecule has 1 aromatic rings. The van der Waals surface area contributed by atoms with Gasteiger partial charge >= 0.3 is 0 Å². The first-order valence-electron chi connectivity index (χ1n) is 5.23. The van der Waals surface area contributed by atoms with Crippen LogP contribution in [0.2, 0.25) is 0 Å². The monoisotopic (exact) mass is 225 g/mol. The third-order valence-electron chi connectivity index (χ3n) is 2.63. The molecule has 0 amide bonds. The van der Waals surface area contributed by atoms with Gasteiger partial charge in [-0.25, -0.2) is 0 Å². The number of hydrogen-bond acceptors (Lipinski definition) is 4. The van der Waals surface area contributed by atoms with Crippen molar-refractivity contribution in [3.8, 4) is 11.5 Å². The minimum Gasteiger partial charge on any atom is -0.497 e. The Balaban J connectivity index is 3.02. The van der Waals surface area contributed by atoms with Gasteiger partial charge in [-0.1, -0.05) is 6.92 Å². The van der Waals surface area contributed by atoms with E-state index in [4.69, 9.17) is 15.2 Å². The molecular formula is C12H19NO3. The lowest BCUT2D eigenvalue weighted by Gasteiger charge is -2.18. The summed E-state index contributed by atoms with van der Waals surface area (Å²) in [7, 11) is 3.16. The van der Waals surface area contributed by atoms with Gasteiger partial charge in [0.25, 0.3) is 0 Å². The number of aliphatic hydroxyl groups is 1. The Labute approximate surface area is 96.0 Å². The molecule has 1 rings (SSSR count). The van der Waals surface area contributed by atoms with E-state index in [1.165, 1.54) is 0 Å². The fraction of sp³-hybridized carbons (Fsp3) is 0.500. The maximum Gasteiger partial charge on any atom is 0.122 e. The summed E-state index contributed by atoms with van der Waals surface area (Å²) in [5.74, 6) is 1.33. The zero-order chi connectivity index (χ0) is 12.1. The molecule has 0 fully saturated rings. The molecule has 2 unspecified atom stereocenters. The summed E-state index contributed by atoms with van der Waals surface area (Å²) in [6.45, 7) is 2.33. The standard InChI is InChI=1S/C12H19NO3/c1-8(7-13)12(14)9-4-10(15-2)6-11(5-9)16-3/h4-6,8,12,14H,7,13H2,1-3H3. The molecule has 0 heterocycles. The second-order valence-electron chi connectivity index (χ2n) is 3.80. The van der Waals surface area contributed by atoms with Crippen molar-refractivity contribution in [1.29, 1.82) is 0 Å². The largest absolute Gasteiger partial charge is 0.497 e. The number of nitrogens with two attached hydrogens (primary N) is 1. The molecule has 1 aromatic carbocycles. The molecular weight excluding hydrogens is 206 g/mol. The Morgan fingerprint density at radius 2 is 1.69 bits per heavy atom. The minimum absolute atomic E-state index is 0.00295. The lowest BCUT2D eigenvalue weighted by molar-refractivity contribution is 0.121. The van der Waals surface area contributed by atoms with Gasteiger partial charge in [-0.15, -0.1) is 0 Å². The van der Waals surface area contributed by atoms with E-state index >= 15 is 0 Å². The van der Waals surface area contributed by atoms with Crippen LogP contribution in [-0.2, 0) is 0 Å². The molecule has 0 aliphatic heterocycles. The fourth-order valence-electron chi connectivity index (χ4n) is 1.46. The molecule has 0 radical (unpaired) electrons. The topological polar surface area (TPSA) is 64.7 Å². The van der Waals surface area contributed by atoms with Crippen LogP contribution in [0.3, 0.4) is 0 Å². The summed E-state index contributed by atoms with van der Waals surface area (Å²) in [6.07, 6.45) is -0.603. The van der Waals surface area contributed by atoms with Gasteiger partial charge in [-0.2, -0.15) is 0 Å². The quantitative estimate of drug-likeness (QED) is 0.793. The SMILES string of the molecule is COc1cc(OC)cc(C(O)C(C)CN)c1. The van der Waals surface area contributed by atoms with Gasteiger partial charge in [0.15, 0.2) is 0 Å². The molecule has 0 bridgehead atoms. The number of ether oxygens (including phenoxy) is 2. The predicted octanol–water partition coefficient (Wildman–Crippen LogP) is 1.33. The van der Waals surface area contributed by atoms with Crippen molar-refractivity contribution >= 4 is 0 Å². The fourth-order valence-corrected chi connectivity index (χ4v) is 1.46. The van der Waals surface area contributed by atoms with E-state index in [1.54, 1.807) is 32.4 Å². The van der Waals surface area contributed by atoms with Crippen LogP contribution in [0.1, 0.15) is 18.6 Å². The second kappa shape index (κ2) is 5.72. The summed E-state index contributed by atoms with van der Waals surface area (Å²) in [5.41, 5.74) is 6.29. The van der Waals surface area contributed by atoms with Crippen molar-refractivity contribution in [1.82, 2.24) is 0 Å². The summed E-state index contributed by atoms with van der Waals surface area (Å²) in [4.78, 5) is 0. The van der Waals surface area contributed by atoms with Crippen LogP contribution < -0.4 is 15.2 Å². The minimum atomic E-state index is -0.603. The van der Waals surface area contributed by atoms with Crippen LogP contribution in [0.4, 0.5) is 0 Å². The molecule has 0 aliphatic carbocycles. The van der Waals surface area contributed by atoms with E-state index in [9.17, 15) is 5.11 Å². The zero-order valence-electron chi connectivity index (χ0n) is 9.93. The highest BCUT2D eigenvalue weighted by molar-refractivity contribution is 5.39. The summed E-state index contributed by atoms with van der Waals surface area (Å²) in [5, 5.41) is 10.0. The highest BCUT2D eigenvalue weighted by Crippen LogP contribution is 2.29. The lowest BCUT2D eigenvalue weighted by atomic mass is 9.97. The molecule has 0 spiro atoms. The Bertz CT molecular complexity index is 319. The number of aliphatic hydroxyl groups excluding tert-OH is 1. The Kier molecular flexibility index (Phi) is 4.58. The van der Waals surface area contributed by atoms with Crippen LogP contribution in [0.5, 0.6) is 11.5 Å². The maximum atomic E-state index is 10.0. The van der Waals surface area contributed by atoms with Gasteiger partial charge in [0.1, 0.15) is 11.5 Å². The molecule has 0 aliphatic rings. The average molecular weight is 225 g/mol. The number of benzene rings is 1. The Morgan fingerprint density at radius 3 is 2.06 bits per heavy atom. The van der Waals surface area contributed by atoms with E-state index in [0.717, 1.165) is 5.56 Å². The first-order valence-corrected chi connectivity index (χ1v) is 5.23. The summed E-state index contributed by atoms with van der Waals surface area (Å²) >= 11 is 0. The summed E-state index contributed by atoms with van der Waals surface area (Å²) in [6, 6.07) is 5.35. The Hall–Kier alpha value is -1.26. The molecule has 16 heavy (non-hydrogen) atoms. The first-order chi connectivity index (χ1) is 7.62. The molecule has 90 valence electrons. The van der Waals surface area contributed by atoms with Gasteiger partial charge in [0.05, 0.1) is 20.3 Å². The number of hydrogen-bond donors (Lipinski definition) is 2. The Morgan fingerprint density at radius 1 is 1.19 bits per heavy atom. The number of rotatable bonds is 5. The maximum absolute atomic E-state index is 10.0. The normalized spacial score (nSPS) is 14.3. The number of methoxy groups -OCH3 is 2.